The van der Waals surface area contributed by atoms with Gasteiger partial charge in [-0.15, -0.1) is 0 Å². The van der Waals surface area contributed by atoms with Gasteiger partial charge in [-0.2, -0.15) is 0 Å². The highest BCUT2D eigenvalue weighted by molar-refractivity contribution is 7.99. The zero-order valence-corrected chi connectivity index (χ0v) is 27.8. The lowest BCUT2D eigenvalue weighted by Crippen LogP contribution is -2.29. The number of aromatic nitrogens is 4. The summed E-state index contributed by atoms with van der Waals surface area (Å²) >= 11 is 1.75. The summed E-state index contributed by atoms with van der Waals surface area (Å²) in [6, 6.07) is 0. The van der Waals surface area contributed by atoms with Crippen molar-refractivity contribution in [1.82, 2.24) is 19.1 Å². The molecule has 0 unspecified atom stereocenters. The second kappa shape index (κ2) is 23.0. The van der Waals surface area contributed by atoms with Gasteiger partial charge in [0.25, 0.3) is 5.56 Å². The van der Waals surface area contributed by atoms with E-state index < -0.39 is 5.69 Å². The maximum atomic E-state index is 12.7. The Morgan fingerprint density at radius 1 is 0.610 bits per heavy atom. The number of thioether (sulfide) groups is 1. The van der Waals surface area contributed by atoms with Crippen LogP contribution in [0, 0.1) is 0 Å². The third-order valence-corrected chi connectivity index (χ3v) is 9.50. The van der Waals surface area contributed by atoms with Crippen LogP contribution in [0.25, 0.3) is 11.2 Å². The number of hydrogen-bond donors (Lipinski definition) is 1. The second-order valence-corrected chi connectivity index (χ2v) is 13.2. The highest BCUT2D eigenvalue weighted by Gasteiger charge is 2.17. The molecule has 0 fully saturated rings. The smallest absolute Gasteiger partial charge is 0.313 e. The number of nitrogens with zero attached hydrogens (tertiary/aromatic N) is 3. The molecular formula is C34H62N4O2S. The fourth-order valence-electron chi connectivity index (χ4n) is 5.75. The number of fused-ring (bicyclic) bond motifs is 1. The summed E-state index contributed by atoms with van der Waals surface area (Å²) < 4.78 is 3.55. The summed E-state index contributed by atoms with van der Waals surface area (Å²) in [7, 11) is 1.69. The first-order chi connectivity index (χ1) is 20.1. The van der Waals surface area contributed by atoms with Gasteiger partial charge in [0.2, 0.25) is 0 Å². The van der Waals surface area contributed by atoms with E-state index in [0.29, 0.717) is 11.2 Å². The predicted octanol–water partition coefficient (Wildman–Crippen LogP) is 9.92. The standard InChI is InChI=1S/C34H62N4O2S/c1-4-6-8-10-12-14-16-17-18-19-21-23-25-27-29-41-34-35-31-30(32(39)36-33(40)37(31)3)38(34)28-26-24-22-20-15-13-11-9-7-5-2/h4-29H2,1-3H3,(H,36,39,40). The van der Waals surface area contributed by atoms with Crippen molar-refractivity contribution in [2.75, 3.05) is 5.75 Å². The van der Waals surface area contributed by atoms with Crippen LogP contribution in [0.3, 0.4) is 0 Å². The van der Waals surface area contributed by atoms with Gasteiger partial charge in [0.1, 0.15) is 0 Å². The van der Waals surface area contributed by atoms with Crippen molar-refractivity contribution in [3.63, 3.8) is 0 Å². The summed E-state index contributed by atoms with van der Waals surface area (Å²) in [4.78, 5) is 32.2. The molecule has 0 aromatic carbocycles. The van der Waals surface area contributed by atoms with Crippen molar-refractivity contribution in [2.45, 2.75) is 180 Å². The molecule has 0 aliphatic rings. The molecule has 0 aliphatic heterocycles. The van der Waals surface area contributed by atoms with E-state index in [1.807, 2.05) is 0 Å². The minimum Gasteiger partial charge on any atom is -0.313 e. The van der Waals surface area contributed by atoms with E-state index in [9.17, 15) is 9.59 Å². The van der Waals surface area contributed by atoms with Gasteiger partial charge < -0.3 is 4.57 Å². The minimum absolute atomic E-state index is 0.314. The maximum absolute atomic E-state index is 12.7. The summed E-state index contributed by atoms with van der Waals surface area (Å²) in [6.07, 6.45) is 31.9. The molecule has 2 rings (SSSR count). The Bertz CT molecular complexity index is 1040. The summed E-state index contributed by atoms with van der Waals surface area (Å²) in [5, 5.41) is 0.886. The number of aryl methyl sites for hydroxylation is 2. The molecular weight excluding hydrogens is 528 g/mol. The monoisotopic (exact) mass is 590 g/mol. The van der Waals surface area contributed by atoms with Gasteiger partial charge in [-0.25, -0.2) is 9.78 Å². The Kier molecular flexibility index (Phi) is 20.0. The van der Waals surface area contributed by atoms with E-state index in [2.05, 4.69) is 23.4 Å². The first kappa shape index (κ1) is 35.7. The molecule has 0 atom stereocenters. The van der Waals surface area contributed by atoms with E-state index in [1.54, 1.807) is 18.8 Å². The van der Waals surface area contributed by atoms with Crippen LogP contribution in [-0.2, 0) is 13.6 Å². The highest BCUT2D eigenvalue weighted by atomic mass is 32.2. The molecule has 7 heteroatoms. The molecule has 41 heavy (non-hydrogen) atoms. The Labute approximate surface area is 254 Å². The SMILES string of the molecule is CCCCCCCCCCCCCCCCSc1nc2c(c(=O)[nH]c(=O)n2C)n1CCCCCCCCCCCC. The van der Waals surface area contributed by atoms with Crippen LogP contribution < -0.4 is 11.2 Å². The molecule has 0 saturated carbocycles. The van der Waals surface area contributed by atoms with Gasteiger partial charge in [-0.3, -0.25) is 14.3 Å². The molecule has 236 valence electrons. The van der Waals surface area contributed by atoms with Crippen molar-refractivity contribution in [3.05, 3.63) is 20.8 Å². The summed E-state index contributed by atoms with van der Waals surface area (Å²) in [5.41, 5.74) is 0.349. The largest absolute Gasteiger partial charge is 0.329 e. The molecule has 1 N–H and O–H groups in total. The average Bonchev–Trinajstić information content (AvgIpc) is 3.33. The molecule has 0 saturated heterocycles. The Balaban J connectivity index is 1.68. The first-order valence-electron chi connectivity index (χ1n) is 17.4. The molecule has 0 radical (unpaired) electrons. The van der Waals surface area contributed by atoms with Crippen molar-refractivity contribution in [1.29, 1.82) is 0 Å². The van der Waals surface area contributed by atoms with Crippen LogP contribution in [0.5, 0.6) is 0 Å². The van der Waals surface area contributed by atoms with E-state index >= 15 is 0 Å². The Morgan fingerprint density at radius 3 is 1.49 bits per heavy atom. The molecule has 2 aromatic heterocycles. The number of aromatic amines is 1. The number of hydrogen-bond acceptors (Lipinski definition) is 4. The highest BCUT2D eigenvalue weighted by Crippen LogP contribution is 2.24. The van der Waals surface area contributed by atoms with Crippen molar-refractivity contribution in [3.8, 4) is 0 Å². The molecule has 0 spiro atoms. The van der Waals surface area contributed by atoms with Crippen molar-refractivity contribution in [2.24, 2.45) is 7.05 Å². The fourth-order valence-corrected chi connectivity index (χ4v) is 6.77. The van der Waals surface area contributed by atoms with Gasteiger partial charge in [-0.05, 0) is 12.8 Å². The first-order valence-corrected chi connectivity index (χ1v) is 18.4. The van der Waals surface area contributed by atoms with Gasteiger partial charge in [0, 0.05) is 19.3 Å². The summed E-state index contributed by atoms with van der Waals surface area (Å²) in [5.74, 6) is 1.01. The topological polar surface area (TPSA) is 72.7 Å². The fraction of sp³-hybridized carbons (Fsp3) is 0.853. The Morgan fingerprint density at radius 2 is 1.02 bits per heavy atom. The lowest BCUT2D eigenvalue weighted by atomic mass is 10.0. The van der Waals surface area contributed by atoms with Gasteiger partial charge in [-0.1, -0.05) is 167 Å². The van der Waals surface area contributed by atoms with E-state index in [4.69, 9.17) is 4.98 Å². The zero-order chi connectivity index (χ0) is 29.5. The molecule has 2 heterocycles. The number of nitrogens with one attached hydrogen (secondary N) is 1. The second-order valence-electron chi connectivity index (χ2n) is 12.2. The van der Waals surface area contributed by atoms with Crippen LogP contribution in [0.15, 0.2) is 14.7 Å². The van der Waals surface area contributed by atoms with E-state index in [1.165, 1.54) is 152 Å². The molecule has 2 aromatic rings. The van der Waals surface area contributed by atoms with Crippen LogP contribution in [0.4, 0.5) is 0 Å². The molecule has 0 bridgehead atoms. The normalized spacial score (nSPS) is 11.7. The van der Waals surface area contributed by atoms with E-state index in [0.717, 1.165) is 23.9 Å². The number of unbranched alkanes of at least 4 members (excludes halogenated alkanes) is 22. The number of H-pyrrole nitrogens is 1. The van der Waals surface area contributed by atoms with Gasteiger partial charge >= 0.3 is 5.69 Å². The van der Waals surface area contributed by atoms with Crippen LogP contribution >= 0.6 is 11.8 Å². The third kappa shape index (κ3) is 14.5. The minimum atomic E-state index is -0.394. The van der Waals surface area contributed by atoms with Gasteiger partial charge in [0.15, 0.2) is 16.3 Å². The van der Waals surface area contributed by atoms with Crippen LogP contribution in [-0.4, -0.2) is 24.9 Å². The molecule has 6 nitrogen and oxygen atoms in total. The van der Waals surface area contributed by atoms with E-state index in [-0.39, 0.29) is 5.56 Å². The maximum Gasteiger partial charge on any atom is 0.329 e. The average molecular weight is 591 g/mol. The Hall–Kier alpha value is -1.50. The summed E-state index contributed by atoms with van der Waals surface area (Å²) in [6.45, 7) is 5.33. The van der Waals surface area contributed by atoms with Gasteiger partial charge in [0.05, 0.1) is 0 Å². The van der Waals surface area contributed by atoms with Crippen molar-refractivity contribution >= 4 is 22.9 Å². The predicted molar refractivity (Wildman–Crippen MR) is 178 cm³/mol. The lowest BCUT2D eigenvalue weighted by molar-refractivity contribution is 0.526. The molecule has 0 amide bonds. The third-order valence-electron chi connectivity index (χ3n) is 8.44. The van der Waals surface area contributed by atoms with Crippen LogP contribution in [0.1, 0.15) is 168 Å². The quantitative estimate of drug-likeness (QED) is 0.0830. The number of rotatable bonds is 27. The molecule has 0 aliphatic carbocycles. The number of imidazole rings is 1. The lowest BCUT2D eigenvalue weighted by Gasteiger charge is -2.09. The van der Waals surface area contributed by atoms with Crippen molar-refractivity contribution < 1.29 is 0 Å². The van der Waals surface area contributed by atoms with Crippen LogP contribution in [0.2, 0.25) is 0 Å². The zero-order valence-electron chi connectivity index (χ0n) is 27.0.